The van der Waals surface area contributed by atoms with Gasteiger partial charge in [-0.25, -0.2) is 0 Å². The van der Waals surface area contributed by atoms with Gasteiger partial charge in [-0.1, -0.05) is 36.4 Å². The van der Waals surface area contributed by atoms with Crippen LogP contribution in [0.4, 0.5) is 0 Å². The van der Waals surface area contributed by atoms with E-state index in [0.717, 1.165) is 5.56 Å². The molecule has 0 saturated heterocycles. The van der Waals surface area contributed by atoms with Crippen molar-refractivity contribution < 1.29 is 19.5 Å². The lowest BCUT2D eigenvalue weighted by Crippen LogP contribution is -2.21. The van der Waals surface area contributed by atoms with E-state index in [1.54, 1.807) is 42.5 Å². The molecule has 104 valence electrons. The molecule has 3 rings (SSSR count). The van der Waals surface area contributed by atoms with Crippen LogP contribution in [0.1, 0.15) is 43.8 Å². The summed E-state index contributed by atoms with van der Waals surface area (Å²) in [6.07, 6.45) is 0.337. The lowest BCUT2D eigenvalue weighted by Gasteiger charge is -2.17. The fourth-order valence-corrected chi connectivity index (χ4v) is 2.55. The summed E-state index contributed by atoms with van der Waals surface area (Å²) in [5.41, 5.74) is 2.33. The first-order valence-corrected chi connectivity index (χ1v) is 6.61. The van der Waals surface area contributed by atoms with Gasteiger partial charge in [-0.2, -0.15) is 0 Å². The Morgan fingerprint density at radius 2 is 1.43 bits per heavy atom. The van der Waals surface area contributed by atoms with E-state index in [2.05, 4.69) is 0 Å². The largest absolute Gasteiger partial charge is 0.481 e. The van der Waals surface area contributed by atoms with Gasteiger partial charge in [0, 0.05) is 28.7 Å². The van der Waals surface area contributed by atoms with Crippen molar-refractivity contribution in [2.24, 2.45) is 0 Å². The first kappa shape index (κ1) is 13.2. The summed E-state index contributed by atoms with van der Waals surface area (Å²) < 4.78 is 0. The van der Waals surface area contributed by atoms with Crippen molar-refractivity contribution in [1.82, 2.24) is 0 Å². The van der Waals surface area contributed by atoms with Crippen molar-refractivity contribution in [3.63, 3.8) is 0 Å². The second-order valence-corrected chi connectivity index (χ2v) is 4.98. The zero-order valence-electron chi connectivity index (χ0n) is 11.1. The highest BCUT2D eigenvalue weighted by Gasteiger charge is 2.29. The number of aliphatic carboxylic acids is 1. The number of hydrogen-bond acceptors (Lipinski definition) is 3. The zero-order chi connectivity index (χ0) is 15.0. The minimum Gasteiger partial charge on any atom is -0.481 e. The number of carboxylic acids is 1. The Kier molecular flexibility index (Phi) is 3.14. The van der Waals surface area contributed by atoms with Gasteiger partial charge in [0.25, 0.3) is 0 Å². The molecule has 1 aliphatic carbocycles. The third-order valence-electron chi connectivity index (χ3n) is 3.62. The van der Waals surface area contributed by atoms with E-state index in [-0.39, 0.29) is 18.0 Å². The van der Waals surface area contributed by atoms with Gasteiger partial charge >= 0.3 is 5.97 Å². The molecule has 1 aliphatic rings. The van der Waals surface area contributed by atoms with Crippen LogP contribution >= 0.6 is 0 Å². The summed E-state index contributed by atoms with van der Waals surface area (Å²) in [5.74, 6) is -1.23. The van der Waals surface area contributed by atoms with Crippen molar-refractivity contribution >= 4 is 17.5 Å². The molecule has 0 heterocycles. The topological polar surface area (TPSA) is 71.4 Å². The molecular weight excluding hydrogens is 268 g/mol. The highest BCUT2D eigenvalue weighted by molar-refractivity contribution is 6.28. The Balaban J connectivity index is 2.04. The summed E-state index contributed by atoms with van der Waals surface area (Å²) in [4.78, 5) is 35.5. The molecule has 0 bridgehead atoms. The van der Waals surface area contributed by atoms with Gasteiger partial charge in [0.2, 0.25) is 0 Å². The minimum atomic E-state index is -0.888. The molecule has 0 atom stereocenters. The van der Waals surface area contributed by atoms with E-state index < -0.39 is 5.97 Å². The Bertz CT molecular complexity index is 774. The Labute approximate surface area is 121 Å². The highest BCUT2D eigenvalue weighted by Crippen LogP contribution is 2.28. The monoisotopic (exact) mass is 280 g/mol. The van der Waals surface area contributed by atoms with Gasteiger partial charge < -0.3 is 5.11 Å². The van der Waals surface area contributed by atoms with Crippen molar-refractivity contribution in [1.29, 1.82) is 0 Å². The molecule has 1 N–H and O–H groups in total. The minimum absolute atomic E-state index is 0.00247. The fourth-order valence-electron chi connectivity index (χ4n) is 2.55. The van der Waals surface area contributed by atoms with Crippen LogP contribution in [0.3, 0.4) is 0 Å². The van der Waals surface area contributed by atoms with Crippen LogP contribution in [0, 0.1) is 0 Å². The molecule has 0 radical (unpaired) electrons. The number of ketones is 2. The predicted octanol–water partition coefficient (Wildman–Crippen LogP) is 2.48. The number of rotatable bonds is 3. The van der Waals surface area contributed by atoms with E-state index in [9.17, 15) is 14.4 Å². The van der Waals surface area contributed by atoms with Gasteiger partial charge in [0.1, 0.15) is 0 Å². The van der Waals surface area contributed by atoms with Gasteiger partial charge in [0.15, 0.2) is 11.6 Å². The Morgan fingerprint density at radius 1 is 0.857 bits per heavy atom. The van der Waals surface area contributed by atoms with E-state index in [4.69, 9.17) is 5.11 Å². The molecule has 0 spiro atoms. The third-order valence-corrected chi connectivity index (χ3v) is 3.62. The third kappa shape index (κ3) is 2.25. The SMILES string of the molecule is O=C(O)CCc1ccc2c(c1)C(=O)c1ccccc1C2=O. The zero-order valence-corrected chi connectivity index (χ0v) is 11.1. The van der Waals surface area contributed by atoms with E-state index in [0.29, 0.717) is 28.7 Å². The second-order valence-electron chi connectivity index (χ2n) is 4.98. The fraction of sp³-hybridized carbons (Fsp3) is 0.118. The number of hydrogen-bond donors (Lipinski definition) is 1. The maximum absolute atomic E-state index is 12.5. The quantitative estimate of drug-likeness (QED) is 0.800. The summed E-state index contributed by atoms with van der Waals surface area (Å²) >= 11 is 0. The molecular formula is C17H12O4. The predicted molar refractivity (Wildman–Crippen MR) is 75.7 cm³/mol. The standard InChI is InChI=1S/C17H12O4/c18-15(19)8-6-10-5-7-13-14(9-10)17(21)12-4-2-1-3-11(12)16(13)20/h1-5,7,9H,6,8H2,(H,18,19). The number of aryl methyl sites for hydroxylation is 1. The maximum atomic E-state index is 12.5. The lowest BCUT2D eigenvalue weighted by molar-refractivity contribution is -0.136. The molecule has 0 aromatic heterocycles. The molecule has 4 heteroatoms. The molecule has 0 amide bonds. The van der Waals surface area contributed by atoms with Crippen LogP contribution in [0.25, 0.3) is 0 Å². The summed E-state index contributed by atoms with van der Waals surface area (Å²) in [6, 6.07) is 11.7. The van der Waals surface area contributed by atoms with Crippen LogP contribution in [0.5, 0.6) is 0 Å². The van der Waals surface area contributed by atoms with Crippen LogP contribution in [0.2, 0.25) is 0 Å². The average Bonchev–Trinajstić information content (AvgIpc) is 2.50. The molecule has 0 fully saturated rings. The van der Waals surface area contributed by atoms with Gasteiger partial charge in [-0.05, 0) is 18.1 Å². The Morgan fingerprint density at radius 3 is 2.05 bits per heavy atom. The molecule has 21 heavy (non-hydrogen) atoms. The summed E-state index contributed by atoms with van der Waals surface area (Å²) in [6.45, 7) is 0. The summed E-state index contributed by atoms with van der Waals surface area (Å²) in [7, 11) is 0. The molecule has 4 nitrogen and oxygen atoms in total. The van der Waals surface area contributed by atoms with Crippen LogP contribution < -0.4 is 0 Å². The van der Waals surface area contributed by atoms with Crippen LogP contribution in [0.15, 0.2) is 42.5 Å². The van der Waals surface area contributed by atoms with Crippen LogP contribution in [-0.2, 0) is 11.2 Å². The van der Waals surface area contributed by atoms with Crippen molar-refractivity contribution in [3.8, 4) is 0 Å². The van der Waals surface area contributed by atoms with Gasteiger partial charge in [0.05, 0.1) is 0 Å². The normalized spacial score (nSPS) is 12.8. The number of carbonyl (C=O) groups is 3. The van der Waals surface area contributed by atoms with E-state index in [1.807, 2.05) is 0 Å². The molecule has 0 saturated carbocycles. The van der Waals surface area contributed by atoms with Gasteiger partial charge in [-0.15, -0.1) is 0 Å². The van der Waals surface area contributed by atoms with E-state index in [1.165, 1.54) is 0 Å². The first-order valence-electron chi connectivity index (χ1n) is 6.61. The first-order chi connectivity index (χ1) is 10.1. The smallest absolute Gasteiger partial charge is 0.303 e. The molecule has 2 aromatic carbocycles. The number of benzene rings is 2. The average molecular weight is 280 g/mol. The molecule has 2 aromatic rings. The number of carbonyl (C=O) groups excluding carboxylic acids is 2. The van der Waals surface area contributed by atoms with Gasteiger partial charge in [-0.3, -0.25) is 14.4 Å². The number of carboxylic acid groups (broad SMARTS) is 1. The van der Waals surface area contributed by atoms with E-state index >= 15 is 0 Å². The van der Waals surface area contributed by atoms with Crippen LogP contribution in [-0.4, -0.2) is 22.6 Å². The summed E-state index contributed by atoms with van der Waals surface area (Å²) in [5, 5.41) is 8.72. The van der Waals surface area contributed by atoms with Crippen molar-refractivity contribution in [2.75, 3.05) is 0 Å². The number of fused-ring (bicyclic) bond motifs is 2. The molecule has 0 unspecified atom stereocenters. The maximum Gasteiger partial charge on any atom is 0.303 e. The Hall–Kier alpha value is -2.75. The highest BCUT2D eigenvalue weighted by atomic mass is 16.4. The van der Waals surface area contributed by atoms with Crippen molar-refractivity contribution in [3.05, 3.63) is 70.3 Å². The lowest BCUT2D eigenvalue weighted by atomic mass is 9.83. The second kappa shape index (κ2) is 4.98. The van der Waals surface area contributed by atoms with Crippen molar-refractivity contribution in [2.45, 2.75) is 12.8 Å². The molecule has 0 aliphatic heterocycles.